The highest BCUT2D eigenvalue weighted by Gasteiger charge is 2.25. The van der Waals surface area contributed by atoms with Gasteiger partial charge in [-0.05, 0) is 53.0 Å². The van der Waals surface area contributed by atoms with Crippen LogP contribution in [0, 0.1) is 6.92 Å². The molecule has 0 aliphatic carbocycles. The third kappa shape index (κ3) is 3.30. The monoisotopic (exact) mass is 366 g/mol. The van der Waals surface area contributed by atoms with Crippen molar-refractivity contribution in [2.45, 2.75) is 19.4 Å². The van der Waals surface area contributed by atoms with E-state index in [1.807, 2.05) is 18.3 Å². The maximum absolute atomic E-state index is 6.21. The Morgan fingerprint density at radius 1 is 1.43 bits per heavy atom. The summed E-state index contributed by atoms with van der Waals surface area (Å²) in [6.07, 6.45) is 4.66. The van der Waals surface area contributed by atoms with E-state index >= 15 is 0 Å². The molecule has 21 heavy (non-hydrogen) atoms. The van der Waals surface area contributed by atoms with Gasteiger partial charge >= 0.3 is 0 Å². The third-order valence-electron chi connectivity index (χ3n) is 3.63. The topological polar surface area (TPSA) is 41.0 Å². The number of rotatable bonds is 3. The van der Waals surface area contributed by atoms with Crippen LogP contribution in [0.5, 0.6) is 0 Å². The number of aromatic nitrogens is 2. The molecule has 1 aliphatic rings. The zero-order valence-electron chi connectivity index (χ0n) is 11.7. The van der Waals surface area contributed by atoms with Crippen LogP contribution >= 0.6 is 27.5 Å². The van der Waals surface area contributed by atoms with Crippen molar-refractivity contribution in [3.63, 3.8) is 0 Å². The minimum Gasteiger partial charge on any atom is -0.365 e. The highest BCUT2D eigenvalue weighted by Crippen LogP contribution is 2.27. The second-order valence-electron chi connectivity index (χ2n) is 5.20. The highest BCUT2D eigenvalue weighted by atomic mass is 79.9. The summed E-state index contributed by atoms with van der Waals surface area (Å²) in [5.74, 6) is 1.78. The first-order valence-corrected chi connectivity index (χ1v) is 8.05. The van der Waals surface area contributed by atoms with Gasteiger partial charge in [-0.2, -0.15) is 0 Å². The molecule has 3 rings (SSSR count). The lowest BCUT2D eigenvalue weighted by atomic mass is 10.2. The van der Waals surface area contributed by atoms with Crippen LogP contribution in [0.4, 0.5) is 11.6 Å². The molecule has 2 aromatic rings. The van der Waals surface area contributed by atoms with Crippen LogP contribution in [0.3, 0.4) is 0 Å². The lowest BCUT2D eigenvalue weighted by molar-refractivity contribution is 0.799. The maximum Gasteiger partial charge on any atom is 0.147 e. The molecule has 1 N–H and O–H groups in total. The van der Waals surface area contributed by atoms with Crippen LogP contribution in [-0.2, 0) is 0 Å². The van der Waals surface area contributed by atoms with Gasteiger partial charge in [0.15, 0.2) is 0 Å². The van der Waals surface area contributed by atoms with E-state index in [1.54, 1.807) is 6.20 Å². The van der Waals surface area contributed by atoms with Crippen LogP contribution in [-0.4, -0.2) is 29.1 Å². The van der Waals surface area contributed by atoms with Crippen molar-refractivity contribution < 1.29 is 0 Å². The van der Waals surface area contributed by atoms with Gasteiger partial charge in [-0.25, -0.2) is 9.97 Å². The number of nitrogens with zero attached hydrogens (tertiary/aromatic N) is 3. The van der Waals surface area contributed by atoms with Gasteiger partial charge in [0, 0.05) is 36.0 Å². The van der Waals surface area contributed by atoms with Gasteiger partial charge in [0.2, 0.25) is 0 Å². The van der Waals surface area contributed by atoms with Crippen molar-refractivity contribution >= 4 is 39.2 Å². The summed E-state index contributed by atoms with van der Waals surface area (Å²) >= 11 is 9.68. The number of hydrogen-bond acceptors (Lipinski definition) is 4. The Hall–Kier alpha value is -1.33. The zero-order valence-corrected chi connectivity index (χ0v) is 14.0. The third-order valence-corrected chi connectivity index (χ3v) is 4.75. The molecule has 1 unspecified atom stereocenters. The summed E-state index contributed by atoms with van der Waals surface area (Å²) in [5.41, 5.74) is 1.18. The summed E-state index contributed by atoms with van der Waals surface area (Å²) in [7, 11) is 0. The molecule has 0 radical (unpaired) electrons. The minimum atomic E-state index is 0.358. The molecule has 2 aromatic heterocycles. The zero-order chi connectivity index (χ0) is 14.8. The van der Waals surface area contributed by atoms with Gasteiger partial charge in [0.25, 0.3) is 0 Å². The van der Waals surface area contributed by atoms with Crippen LogP contribution < -0.4 is 10.2 Å². The maximum atomic E-state index is 6.21. The molecule has 1 aliphatic heterocycles. The first-order valence-electron chi connectivity index (χ1n) is 6.87. The molecule has 0 amide bonds. The molecule has 4 nitrogen and oxygen atoms in total. The van der Waals surface area contributed by atoms with Crippen LogP contribution in [0.15, 0.2) is 35.1 Å². The second kappa shape index (κ2) is 6.20. The molecule has 1 atom stereocenters. The molecular weight excluding hydrogens is 352 g/mol. The van der Waals surface area contributed by atoms with E-state index in [0.29, 0.717) is 11.1 Å². The van der Waals surface area contributed by atoms with Gasteiger partial charge < -0.3 is 10.2 Å². The second-order valence-corrected chi connectivity index (χ2v) is 6.47. The quantitative estimate of drug-likeness (QED) is 0.893. The summed E-state index contributed by atoms with van der Waals surface area (Å²) in [6.45, 7) is 3.89. The van der Waals surface area contributed by atoms with E-state index in [9.17, 15) is 0 Å². The number of pyridine rings is 2. The normalized spacial score (nSPS) is 18.0. The van der Waals surface area contributed by atoms with Crippen molar-refractivity contribution in [1.29, 1.82) is 0 Å². The summed E-state index contributed by atoms with van der Waals surface area (Å²) in [4.78, 5) is 11.0. The van der Waals surface area contributed by atoms with Gasteiger partial charge in [-0.15, -0.1) is 0 Å². The number of aryl methyl sites for hydroxylation is 1. The fraction of sp³-hybridized carbons (Fsp3) is 0.333. The summed E-state index contributed by atoms with van der Waals surface area (Å²) in [6, 6.07) is 6.15. The first kappa shape index (κ1) is 14.6. The number of anilines is 2. The van der Waals surface area contributed by atoms with Crippen molar-refractivity contribution in [2.24, 2.45) is 0 Å². The molecule has 1 fully saturated rings. The SMILES string of the molecule is Cc1cc(NC2CCN(c3ncccc3Cl)C2)ncc1Br. The molecule has 0 bridgehead atoms. The van der Waals surface area contributed by atoms with Gasteiger partial charge in [-0.1, -0.05) is 11.6 Å². The van der Waals surface area contributed by atoms with Crippen molar-refractivity contribution in [3.8, 4) is 0 Å². The Kier molecular flexibility index (Phi) is 4.31. The molecule has 6 heteroatoms. The largest absolute Gasteiger partial charge is 0.365 e. The molecule has 1 saturated heterocycles. The Balaban J connectivity index is 1.67. The number of hydrogen-bond donors (Lipinski definition) is 1. The standard InChI is InChI=1S/C15H16BrClN4/c1-10-7-14(19-8-12(10)16)20-11-4-6-21(9-11)15-13(17)3-2-5-18-15/h2-3,5,7-8,11H,4,6,9H2,1H3,(H,19,20). The fourth-order valence-electron chi connectivity index (χ4n) is 2.51. The molecule has 110 valence electrons. The summed E-state index contributed by atoms with van der Waals surface area (Å²) < 4.78 is 1.03. The molecular formula is C15H16BrClN4. The van der Waals surface area contributed by atoms with Crippen LogP contribution in [0.2, 0.25) is 5.02 Å². The Labute approximate surface area is 137 Å². The Bertz CT molecular complexity index is 649. The van der Waals surface area contributed by atoms with Crippen molar-refractivity contribution in [1.82, 2.24) is 9.97 Å². The fourth-order valence-corrected chi connectivity index (χ4v) is 2.97. The highest BCUT2D eigenvalue weighted by molar-refractivity contribution is 9.10. The Morgan fingerprint density at radius 2 is 2.29 bits per heavy atom. The lowest BCUT2D eigenvalue weighted by Gasteiger charge is -2.19. The van der Waals surface area contributed by atoms with E-state index in [2.05, 4.69) is 49.1 Å². The summed E-state index contributed by atoms with van der Waals surface area (Å²) in [5, 5.41) is 4.19. The van der Waals surface area contributed by atoms with E-state index in [-0.39, 0.29) is 0 Å². The van der Waals surface area contributed by atoms with E-state index < -0.39 is 0 Å². The van der Waals surface area contributed by atoms with Crippen LogP contribution in [0.25, 0.3) is 0 Å². The average Bonchev–Trinajstić information content (AvgIpc) is 2.92. The minimum absolute atomic E-state index is 0.358. The molecule has 3 heterocycles. The number of nitrogens with one attached hydrogen (secondary N) is 1. The smallest absolute Gasteiger partial charge is 0.147 e. The van der Waals surface area contributed by atoms with Gasteiger partial charge in [0.1, 0.15) is 11.6 Å². The van der Waals surface area contributed by atoms with Gasteiger partial charge in [-0.3, -0.25) is 0 Å². The van der Waals surface area contributed by atoms with Crippen molar-refractivity contribution in [2.75, 3.05) is 23.3 Å². The van der Waals surface area contributed by atoms with E-state index in [4.69, 9.17) is 11.6 Å². The Morgan fingerprint density at radius 3 is 3.05 bits per heavy atom. The predicted molar refractivity (Wildman–Crippen MR) is 90.2 cm³/mol. The predicted octanol–water partition coefficient (Wildman–Crippen LogP) is 3.89. The van der Waals surface area contributed by atoms with E-state index in [1.165, 1.54) is 5.56 Å². The first-order chi connectivity index (χ1) is 10.1. The number of halogens is 2. The molecule has 0 saturated carbocycles. The molecule has 0 spiro atoms. The van der Waals surface area contributed by atoms with Crippen molar-refractivity contribution in [3.05, 3.63) is 45.7 Å². The average molecular weight is 368 g/mol. The lowest BCUT2D eigenvalue weighted by Crippen LogP contribution is -2.27. The van der Waals surface area contributed by atoms with Crippen LogP contribution in [0.1, 0.15) is 12.0 Å². The molecule has 0 aromatic carbocycles. The van der Waals surface area contributed by atoms with E-state index in [0.717, 1.165) is 35.6 Å². The van der Waals surface area contributed by atoms with Gasteiger partial charge in [0.05, 0.1) is 5.02 Å².